The molecule has 0 amide bonds. The topological polar surface area (TPSA) is 44.9 Å². The fourth-order valence-electron chi connectivity index (χ4n) is 6.34. The molecule has 0 atom stereocenters. The van der Waals surface area contributed by atoms with E-state index in [2.05, 4.69) is 135 Å². The molecule has 5 nitrogen and oxygen atoms in total. The summed E-state index contributed by atoms with van der Waals surface area (Å²) in [5, 5.41) is 7.43. The molecule has 0 saturated heterocycles. The van der Waals surface area contributed by atoms with Crippen LogP contribution in [0.25, 0.3) is 44.4 Å². The van der Waals surface area contributed by atoms with Gasteiger partial charge in [0.1, 0.15) is 5.82 Å². The second kappa shape index (κ2) is 13.7. The van der Waals surface area contributed by atoms with Crippen LogP contribution < -0.4 is 4.74 Å². The quantitative estimate of drug-likeness (QED) is 0.111. The number of rotatable bonds is 9. The van der Waals surface area contributed by atoms with E-state index in [0.29, 0.717) is 17.4 Å². The first-order valence-corrected chi connectivity index (χ1v) is 16.2. The molecule has 7 rings (SSSR count). The molecular weight excluding hydrogens is 671 g/mol. The van der Waals surface area contributed by atoms with Gasteiger partial charge in [0, 0.05) is 34.5 Å². The van der Waals surface area contributed by atoms with Gasteiger partial charge in [-0.25, -0.2) is 4.98 Å². The van der Waals surface area contributed by atoms with E-state index in [-0.39, 0.29) is 20.4 Å². The Bertz CT molecular complexity index is 2180. The maximum atomic E-state index is 6.61. The zero-order valence-electron chi connectivity index (χ0n) is 27.4. The van der Waals surface area contributed by atoms with Gasteiger partial charge in [-0.3, -0.25) is 4.68 Å². The molecule has 0 aliphatic rings. The summed E-state index contributed by atoms with van der Waals surface area (Å²) in [6.45, 7) is 10.9. The zero-order valence-corrected chi connectivity index (χ0v) is 29.0. The average molecular weight is 709 g/mol. The van der Waals surface area contributed by atoms with Gasteiger partial charge in [-0.1, -0.05) is 88.2 Å². The maximum Gasteiger partial charge on any atom is 2.00 e. The minimum absolute atomic E-state index is 0. The number of pyridine rings is 1. The third-order valence-electron chi connectivity index (χ3n) is 8.59. The summed E-state index contributed by atoms with van der Waals surface area (Å²) >= 11 is 0. The van der Waals surface area contributed by atoms with Crippen LogP contribution >= 0.6 is 0 Å². The molecular formula is C41H38N4OPd. The molecule has 238 valence electrons. The van der Waals surface area contributed by atoms with Crippen molar-refractivity contribution in [1.29, 1.82) is 0 Å². The number of aryl methyl sites for hydroxylation is 2. The van der Waals surface area contributed by atoms with Crippen LogP contribution in [0.3, 0.4) is 0 Å². The van der Waals surface area contributed by atoms with Crippen molar-refractivity contribution in [3.05, 3.63) is 132 Å². The second-order valence-corrected chi connectivity index (χ2v) is 12.2. The summed E-state index contributed by atoms with van der Waals surface area (Å²) in [4.78, 5) is 4.72. The van der Waals surface area contributed by atoms with E-state index in [4.69, 9.17) is 14.8 Å². The monoisotopic (exact) mass is 708 g/mol. The molecule has 0 unspecified atom stereocenters. The number of para-hydroxylation sites is 1. The molecule has 0 saturated carbocycles. The molecule has 0 spiro atoms. The minimum Gasteiger partial charge on any atom is -0.509 e. The molecule has 7 aromatic rings. The minimum atomic E-state index is 0. The first-order chi connectivity index (χ1) is 22.4. The Labute approximate surface area is 290 Å². The van der Waals surface area contributed by atoms with E-state index in [1.54, 1.807) is 0 Å². The number of benzene rings is 4. The molecule has 0 bridgehead atoms. The van der Waals surface area contributed by atoms with E-state index >= 15 is 0 Å². The predicted molar refractivity (Wildman–Crippen MR) is 188 cm³/mol. The molecule has 0 aliphatic heterocycles. The van der Waals surface area contributed by atoms with Crippen molar-refractivity contribution < 1.29 is 25.2 Å². The van der Waals surface area contributed by atoms with Gasteiger partial charge >= 0.3 is 20.4 Å². The van der Waals surface area contributed by atoms with Gasteiger partial charge in [-0.2, -0.15) is 11.2 Å². The van der Waals surface area contributed by atoms with Crippen LogP contribution in [0.2, 0.25) is 0 Å². The summed E-state index contributed by atoms with van der Waals surface area (Å²) in [5.41, 5.74) is 9.95. The van der Waals surface area contributed by atoms with E-state index in [0.717, 1.165) is 63.8 Å². The average Bonchev–Trinajstić information content (AvgIpc) is 3.60. The summed E-state index contributed by atoms with van der Waals surface area (Å²) < 4.78 is 10.9. The number of hydrogen-bond donors (Lipinski definition) is 0. The molecule has 0 N–H and O–H groups in total. The standard InChI is InChI=1S/C41H38N4O.Pd/c1-6-13-38-41(29-14-9-8-10-15-29)36(7-2)43-45(38)31-23-30(27(3)4)24-33(25-31)46-32-18-19-35-34-16-11-12-17-37(34)44(39(35)26-32)40-22-28(5)20-21-42-40;/h8-12,14-24,27H,6-7,13H2,1-5H3;/q-2;+2. The number of nitrogens with zero attached hydrogens (tertiary/aromatic N) is 4. The second-order valence-electron chi connectivity index (χ2n) is 12.2. The SMILES string of the molecule is CCCc1c(-c2ccccc2)c(CC)nn1-c1[c-]c(Oc2[c-]c3c(cc2)c2ccccc2n3-c2cc(C)ccn2)cc(C(C)C)c1.[Pd+2]. The molecule has 4 aromatic carbocycles. The fraction of sp³-hybridized carbons (Fsp3) is 0.220. The van der Waals surface area contributed by atoms with Gasteiger partial charge < -0.3 is 9.30 Å². The van der Waals surface area contributed by atoms with Crippen LogP contribution in [0.1, 0.15) is 62.5 Å². The van der Waals surface area contributed by atoms with Gasteiger partial charge in [0.2, 0.25) is 0 Å². The van der Waals surface area contributed by atoms with Crippen molar-refractivity contribution in [3.63, 3.8) is 0 Å². The number of hydrogen-bond acceptors (Lipinski definition) is 3. The van der Waals surface area contributed by atoms with Crippen LogP contribution in [0.15, 0.2) is 97.2 Å². The van der Waals surface area contributed by atoms with E-state index in [1.807, 2.05) is 18.3 Å². The molecule has 3 heterocycles. The van der Waals surface area contributed by atoms with Crippen molar-refractivity contribution in [2.24, 2.45) is 0 Å². The van der Waals surface area contributed by atoms with Crippen molar-refractivity contribution in [2.75, 3.05) is 0 Å². The van der Waals surface area contributed by atoms with Crippen molar-refractivity contribution in [1.82, 2.24) is 19.3 Å². The Morgan fingerprint density at radius 1 is 0.830 bits per heavy atom. The Balaban J connectivity index is 0.00000386. The van der Waals surface area contributed by atoms with Crippen molar-refractivity contribution in [3.8, 4) is 34.1 Å². The fourth-order valence-corrected chi connectivity index (χ4v) is 6.34. The normalized spacial score (nSPS) is 11.4. The third kappa shape index (κ3) is 6.16. The van der Waals surface area contributed by atoms with Gasteiger partial charge in [-0.15, -0.1) is 41.3 Å². The zero-order chi connectivity index (χ0) is 31.8. The summed E-state index contributed by atoms with van der Waals surface area (Å²) in [6.07, 6.45) is 4.63. The van der Waals surface area contributed by atoms with Crippen LogP contribution in [0.5, 0.6) is 11.5 Å². The van der Waals surface area contributed by atoms with Crippen LogP contribution in [0.4, 0.5) is 0 Å². The van der Waals surface area contributed by atoms with Crippen LogP contribution in [-0.2, 0) is 33.3 Å². The van der Waals surface area contributed by atoms with Gasteiger partial charge in [0.25, 0.3) is 0 Å². The van der Waals surface area contributed by atoms with Crippen LogP contribution in [-0.4, -0.2) is 19.3 Å². The van der Waals surface area contributed by atoms with Gasteiger partial charge in [0.15, 0.2) is 0 Å². The Morgan fingerprint density at radius 2 is 1.62 bits per heavy atom. The third-order valence-corrected chi connectivity index (χ3v) is 8.59. The first-order valence-electron chi connectivity index (χ1n) is 16.2. The number of ether oxygens (including phenoxy) is 1. The Morgan fingerprint density at radius 3 is 2.36 bits per heavy atom. The maximum absolute atomic E-state index is 6.61. The Kier molecular flexibility index (Phi) is 9.45. The van der Waals surface area contributed by atoms with Crippen LogP contribution in [0, 0.1) is 19.1 Å². The summed E-state index contributed by atoms with van der Waals surface area (Å²) in [7, 11) is 0. The molecule has 3 aromatic heterocycles. The Hall–Kier alpha value is -4.50. The molecule has 0 aliphatic carbocycles. The molecule has 0 fully saturated rings. The summed E-state index contributed by atoms with van der Waals surface area (Å²) in [6, 6.07) is 38.7. The predicted octanol–water partition coefficient (Wildman–Crippen LogP) is 10.4. The number of fused-ring (bicyclic) bond motifs is 3. The molecule has 0 radical (unpaired) electrons. The largest absolute Gasteiger partial charge is 2.00 e. The first kappa shape index (κ1) is 32.4. The smallest absolute Gasteiger partial charge is 0.509 e. The summed E-state index contributed by atoms with van der Waals surface area (Å²) in [5.74, 6) is 2.42. The molecule has 6 heteroatoms. The van der Waals surface area contributed by atoms with E-state index in [9.17, 15) is 0 Å². The van der Waals surface area contributed by atoms with Crippen molar-refractivity contribution >= 4 is 21.8 Å². The van der Waals surface area contributed by atoms with E-state index < -0.39 is 0 Å². The van der Waals surface area contributed by atoms with Gasteiger partial charge in [-0.05, 0) is 66.1 Å². The van der Waals surface area contributed by atoms with E-state index in [1.165, 1.54) is 22.4 Å². The number of aromatic nitrogens is 4. The van der Waals surface area contributed by atoms with Gasteiger partial charge in [0.05, 0.1) is 5.69 Å². The molecule has 47 heavy (non-hydrogen) atoms. The van der Waals surface area contributed by atoms with Crippen molar-refractivity contribution in [2.45, 2.75) is 59.8 Å².